The Morgan fingerprint density at radius 3 is 2.25 bits per heavy atom. The van der Waals surface area contributed by atoms with Gasteiger partial charge in [-0.3, -0.25) is 4.79 Å². The Balaban J connectivity index is 2.98. The lowest BCUT2D eigenvalue weighted by Crippen LogP contribution is -2.36. The standard InChI is InChI=1S/C11H13BrO3S/c1-11(12,8-16(2,14)15)10(13)9-6-4-3-5-7-9/h3-7H,8H2,1-2H3. The molecule has 0 aliphatic rings. The average Bonchev–Trinajstić information content (AvgIpc) is 2.14. The number of Topliss-reactive ketones (excluding diaryl/α,β-unsaturated/α-hetero) is 1. The molecule has 0 aliphatic carbocycles. The van der Waals surface area contributed by atoms with Crippen LogP contribution in [0.15, 0.2) is 30.3 Å². The number of carbonyl (C=O) groups excluding carboxylic acids is 1. The molecule has 3 nitrogen and oxygen atoms in total. The van der Waals surface area contributed by atoms with Crippen LogP contribution in [0.4, 0.5) is 0 Å². The molecular formula is C11H13BrO3S. The van der Waals surface area contributed by atoms with Crippen LogP contribution in [-0.4, -0.2) is 30.5 Å². The molecule has 1 aromatic rings. The zero-order chi connectivity index (χ0) is 12.4. The van der Waals surface area contributed by atoms with E-state index < -0.39 is 14.2 Å². The van der Waals surface area contributed by atoms with Gasteiger partial charge in [-0.1, -0.05) is 46.3 Å². The third kappa shape index (κ3) is 3.72. The van der Waals surface area contributed by atoms with Gasteiger partial charge in [0.15, 0.2) is 5.78 Å². The molecule has 1 rings (SSSR count). The molecule has 0 bridgehead atoms. The molecule has 0 radical (unpaired) electrons. The van der Waals surface area contributed by atoms with E-state index in [-0.39, 0.29) is 11.5 Å². The van der Waals surface area contributed by atoms with Crippen LogP contribution < -0.4 is 0 Å². The summed E-state index contributed by atoms with van der Waals surface area (Å²) in [6.45, 7) is 1.57. The second-order valence-electron chi connectivity index (χ2n) is 3.96. The van der Waals surface area contributed by atoms with Gasteiger partial charge in [-0.25, -0.2) is 8.42 Å². The average molecular weight is 305 g/mol. The van der Waals surface area contributed by atoms with E-state index >= 15 is 0 Å². The Morgan fingerprint density at radius 2 is 1.81 bits per heavy atom. The summed E-state index contributed by atoms with van der Waals surface area (Å²) in [5, 5.41) is 0. The van der Waals surface area contributed by atoms with Crippen LogP contribution in [0, 0.1) is 0 Å². The monoisotopic (exact) mass is 304 g/mol. The molecule has 16 heavy (non-hydrogen) atoms. The van der Waals surface area contributed by atoms with Gasteiger partial charge >= 0.3 is 0 Å². The van der Waals surface area contributed by atoms with Crippen molar-refractivity contribution in [2.24, 2.45) is 0 Å². The van der Waals surface area contributed by atoms with Crippen LogP contribution >= 0.6 is 15.9 Å². The van der Waals surface area contributed by atoms with Gasteiger partial charge < -0.3 is 0 Å². The lowest BCUT2D eigenvalue weighted by atomic mass is 10.0. The summed E-state index contributed by atoms with van der Waals surface area (Å²) in [6, 6.07) is 8.64. The van der Waals surface area contributed by atoms with Gasteiger partial charge in [-0.2, -0.15) is 0 Å². The van der Waals surface area contributed by atoms with E-state index in [2.05, 4.69) is 15.9 Å². The van der Waals surface area contributed by atoms with Crippen LogP contribution in [0.3, 0.4) is 0 Å². The Morgan fingerprint density at radius 1 is 1.31 bits per heavy atom. The molecule has 1 atom stereocenters. The smallest absolute Gasteiger partial charge is 0.180 e. The molecule has 0 heterocycles. The molecular weight excluding hydrogens is 292 g/mol. The maximum atomic E-state index is 12.0. The van der Waals surface area contributed by atoms with E-state index in [9.17, 15) is 13.2 Å². The minimum absolute atomic E-state index is 0.215. The maximum Gasteiger partial charge on any atom is 0.180 e. The molecule has 0 saturated heterocycles. The first-order valence-electron chi connectivity index (χ1n) is 4.69. The highest BCUT2D eigenvalue weighted by molar-refractivity contribution is 9.10. The van der Waals surface area contributed by atoms with Crippen LogP contribution in [-0.2, 0) is 9.84 Å². The lowest BCUT2D eigenvalue weighted by Gasteiger charge is -2.19. The van der Waals surface area contributed by atoms with E-state index in [1.165, 1.54) is 0 Å². The molecule has 0 aromatic heterocycles. The van der Waals surface area contributed by atoms with Crippen LogP contribution in [0.25, 0.3) is 0 Å². The lowest BCUT2D eigenvalue weighted by molar-refractivity contribution is 0.0962. The third-order valence-electron chi connectivity index (χ3n) is 2.04. The summed E-state index contributed by atoms with van der Waals surface area (Å²) >= 11 is 3.19. The molecule has 0 fully saturated rings. The molecule has 5 heteroatoms. The molecule has 1 unspecified atom stereocenters. The molecule has 1 aromatic carbocycles. The molecule has 0 N–H and O–H groups in total. The molecule has 0 saturated carbocycles. The van der Waals surface area contributed by atoms with Crippen molar-refractivity contribution in [2.45, 2.75) is 11.2 Å². The molecule has 0 aliphatic heterocycles. The van der Waals surface area contributed by atoms with Crippen molar-refractivity contribution in [3.8, 4) is 0 Å². The second-order valence-corrected chi connectivity index (χ2v) is 7.85. The predicted molar refractivity (Wildman–Crippen MR) is 67.8 cm³/mol. The van der Waals surface area contributed by atoms with E-state index in [0.717, 1.165) is 6.26 Å². The number of halogens is 1. The van der Waals surface area contributed by atoms with Gasteiger partial charge in [0.1, 0.15) is 9.84 Å². The highest BCUT2D eigenvalue weighted by atomic mass is 79.9. The Hall–Kier alpha value is -0.680. The largest absolute Gasteiger partial charge is 0.293 e. The minimum atomic E-state index is -3.20. The Bertz CT molecular complexity index is 477. The number of sulfone groups is 1. The second kappa shape index (κ2) is 4.67. The first-order valence-corrected chi connectivity index (χ1v) is 7.54. The van der Waals surface area contributed by atoms with Crippen molar-refractivity contribution in [1.29, 1.82) is 0 Å². The summed E-state index contributed by atoms with van der Waals surface area (Å²) < 4.78 is 21.3. The highest BCUT2D eigenvalue weighted by Crippen LogP contribution is 2.24. The number of alkyl halides is 1. The normalized spacial score (nSPS) is 15.4. The van der Waals surface area contributed by atoms with E-state index in [4.69, 9.17) is 0 Å². The fourth-order valence-electron chi connectivity index (χ4n) is 1.45. The summed E-state index contributed by atoms with van der Waals surface area (Å²) in [6.07, 6.45) is 1.12. The number of hydrogen-bond acceptors (Lipinski definition) is 3. The van der Waals surface area contributed by atoms with Crippen molar-refractivity contribution >= 4 is 31.6 Å². The van der Waals surface area contributed by atoms with Crippen molar-refractivity contribution in [3.05, 3.63) is 35.9 Å². The summed E-state index contributed by atoms with van der Waals surface area (Å²) in [7, 11) is -3.20. The van der Waals surface area contributed by atoms with Crippen molar-refractivity contribution in [3.63, 3.8) is 0 Å². The van der Waals surface area contributed by atoms with E-state index in [1.54, 1.807) is 37.3 Å². The van der Waals surface area contributed by atoms with Gasteiger partial charge in [-0.05, 0) is 6.92 Å². The molecule has 0 amide bonds. The first kappa shape index (κ1) is 13.4. The van der Waals surface area contributed by atoms with Gasteiger partial charge in [0, 0.05) is 11.8 Å². The van der Waals surface area contributed by atoms with Gasteiger partial charge in [-0.15, -0.1) is 0 Å². The van der Waals surface area contributed by atoms with Gasteiger partial charge in [0.25, 0.3) is 0 Å². The highest BCUT2D eigenvalue weighted by Gasteiger charge is 2.34. The topological polar surface area (TPSA) is 51.2 Å². The van der Waals surface area contributed by atoms with Crippen molar-refractivity contribution in [1.82, 2.24) is 0 Å². The fraction of sp³-hybridized carbons (Fsp3) is 0.364. The van der Waals surface area contributed by atoms with E-state index in [0.29, 0.717) is 5.56 Å². The van der Waals surface area contributed by atoms with Crippen molar-refractivity contribution < 1.29 is 13.2 Å². The van der Waals surface area contributed by atoms with Gasteiger partial charge in [0.05, 0.1) is 10.1 Å². The quantitative estimate of drug-likeness (QED) is 0.632. The van der Waals surface area contributed by atoms with Crippen LogP contribution in [0.5, 0.6) is 0 Å². The van der Waals surface area contributed by atoms with Crippen LogP contribution in [0.2, 0.25) is 0 Å². The Kier molecular flexibility index (Phi) is 3.91. The number of rotatable bonds is 4. The summed E-state index contributed by atoms with van der Waals surface area (Å²) in [4.78, 5) is 12.0. The fourth-order valence-corrected chi connectivity index (χ4v) is 4.04. The number of benzene rings is 1. The molecule has 88 valence electrons. The first-order chi connectivity index (χ1) is 7.22. The number of ketones is 1. The molecule has 0 spiro atoms. The zero-order valence-corrected chi connectivity index (χ0v) is 11.5. The number of hydrogen-bond donors (Lipinski definition) is 0. The zero-order valence-electron chi connectivity index (χ0n) is 9.10. The number of carbonyl (C=O) groups is 1. The van der Waals surface area contributed by atoms with Gasteiger partial charge in [0.2, 0.25) is 0 Å². The Labute approximate surface area is 104 Å². The summed E-state index contributed by atoms with van der Waals surface area (Å²) in [5.74, 6) is -0.438. The third-order valence-corrected chi connectivity index (χ3v) is 4.16. The van der Waals surface area contributed by atoms with Crippen LogP contribution in [0.1, 0.15) is 17.3 Å². The van der Waals surface area contributed by atoms with Crippen molar-refractivity contribution in [2.75, 3.05) is 12.0 Å². The minimum Gasteiger partial charge on any atom is -0.293 e. The maximum absolute atomic E-state index is 12.0. The summed E-state index contributed by atoms with van der Waals surface area (Å²) in [5.41, 5.74) is 0.505. The predicted octanol–water partition coefficient (Wildman–Crippen LogP) is 2.07. The van der Waals surface area contributed by atoms with E-state index in [1.807, 2.05) is 0 Å². The SMILES string of the molecule is CC(Br)(CS(C)(=O)=O)C(=O)c1ccccc1.